The molecule has 0 fully saturated rings. The average molecular weight is 242 g/mol. The highest BCUT2D eigenvalue weighted by Crippen LogP contribution is 2.11. The molecule has 0 aliphatic carbocycles. The first kappa shape index (κ1) is 12.4. The molecule has 0 aliphatic rings. The van der Waals surface area contributed by atoms with Gasteiger partial charge in [0.2, 0.25) is 5.91 Å². The van der Waals surface area contributed by atoms with Crippen LogP contribution in [0.15, 0.2) is 10.7 Å². The van der Waals surface area contributed by atoms with Crippen LogP contribution in [-0.4, -0.2) is 21.9 Å². The summed E-state index contributed by atoms with van der Waals surface area (Å²) in [5.74, 6) is -1.01. The van der Waals surface area contributed by atoms with Gasteiger partial charge in [-0.15, -0.1) is 11.3 Å². The predicted octanol–water partition coefficient (Wildman–Crippen LogP) is 0.450. The number of carbonyl (C=O) groups excluding carboxylic acids is 1. The lowest BCUT2D eigenvalue weighted by molar-refractivity contribution is -0.122. The Morgan fingerprint density at radius 2 is 2.50 bits per heavy atom. The highest BCUT2D eigenvalue weighted by atomic mass is 32.1. The molecule has 6 nitrogen and oxygen atoms in total. The number of nitrogens with two attached hydrogens (primary N) is 1. The molecule has 0 aromatic carbocycles. The summed E-state index contributed by atoms with van der Waals surface area (Å²) in [6, 6.07) is 0. The van der Waals surface area contributed by atoms with Crippen molar-refractivity contribution in [3.63, 3.8) is 0 Å². The minimum absolute atomic E-state index is 0.0986. The van der Waals surface area contributed by atoms with Crippen LogP contribution in [0.4, 0.5) is 0 Å². The molecule has 0 radical (unpaired) electrons. The summed E-state index contributed by atoms with van der Waals surface area (Å²) in [5, 5.41) is 13.9. The van der Waals surface area contributed by atoms with Crippen LogP contribution in [0.25, 0.3) is 0 Å². The van der Waals surface area contributed by atoms with E-state index in [1.165, 1.54) is 11.3 Å². The SMILES string of the molecule is Cc1ncsc1CNC(=O)C(C)C(N)=NO. The number of aromatic nitrogens is 1. The molecule has 4 N–H and O–H groups in total. The second kappa shape index (κ2) is 5.45. The summed E-state index contributed by atoms with van der Waals surface area (Å²) in [6.07, 6.45) is 0. The molecule has 1 aromatic rings. The number of nitrogens with one attached hydrogen (secondary N) is 1. The van der Waals surface area contributed by atoms with Crippen LogP contribution < -0.4 is 11.1 Å². The molecule has 0 bridgehead atoms. The van der Waals surface area contributed by atoms with Crippen LogP contribution in [0.5, 0.6) is 0 Å². The van der Waals surface area contributed by atoms with Crippen molar-refractivity contribution in [2.24, 2.45) is 16.8 Å². The monoisotopic (exact) mass is 242 g/mol. The normalized spacial score (nSPS) is 13.5. The largest absolute Gasteiger partial charge is 0.409 e. The van der Waals surface area contributed by atoms with Crippen molar-refractivity contribution in [3.05, 3.63) is 16.1 Å². The van der Waals surface area contributed by atoms with Crippen LogP contribution in [-0.2, 0) is 11.3 Å². The van der Waals surface area contributed by atoms with Crippen molar-refractivity contribution in [1.82, 2.24) is 10.3 Å². The Hall–Kier alpha value is -1.63. The molecule has 0 saturated heterocycles. The molecular formula is C9H14N4O2S. The molecule has 1 aromatic heterocycles. The van der Waals surface area contributed by atoms with Crippen LogP contribution in [0.3, 0.4) is 0 Å². The maximum absolute atomic E-state index is 11.6. The standard InChI is InChI=1S/C9H14N4O2S/c1-5(8(10)13-15)9(14)11-3-7-6(2)12-4-16-7/h4-5,15H,3H2,1-2H3,(H2,10,13)(H,11,14). The molecule has 0 spiro atoms. The molecule has 1 amide bonds. The van der Waals surface area contributed by atoms with Gasteiger partial charge < -0.3 is 16.3 Å². The number of rotatable bonds is 4. The molecule has 0 aliphatic heterocycles. The van der Waals surface area contributed by atoms with Gasteiger partial charge in [-0.05, 0) is 13.8 Å². The maximum atomic E-state index is 11.6. The van der Waals surface area contributed by atoms with Gasteiger partial charge in [-0.2, -0.15) is 0 Å². The van der Waals surface area contributed by atoms with Gasteiger partial charge in [0.1, 0.15) is 0 Å². The molecule has 88 valence electrons. The summed E-state index contributed by atoms with van der Waals surface area (Å²) in [5.41, 5.74) is 7.96. The van der Waals surface area contributed by atoms with Gasteiger partial charge in [0.25, 0.3) is 0 Å². The number of amidine groups is 1. The predicted molar refractivity (Wildman–Crippen MR) is 61.3 cm³/mol. The first-order chi connectivity index (χ1) is 7.56. The lowest BCUT2D eigenvalue weighted by atomic mass is 10.1. The van der Waals surface area contributed by atoms with E-state index in [9.17, 15) is 4.79 Å². The Kier molecular flexibility index (Phi) is 4.24. The van der Waals surface area contributed by atoms with E-state index in [1.807, 2.05) is 6.92 Å². The topological polar surface area (TPSA) is 101 Å². The van der Waals surface area contributed by atoms with E-state index in [-0.39, 0.29) is 11.7 Å². The Labute approximate surface area is 97.2 Å². The summed E-state index contributed by atoms with van der Waals surface area (Å²) < 4.78 is 0. The van der Waals surface area contributed by atoms with Gasteiger partial charge >= 0.3 is 0 Å². The fraction of sp³-hybridized carbons (Fsp3) is 0.444. The number of hydrogen-bond donors (Lipinski definition) is 3. The van der Waals surface area contributed by atoms with Crippen LogP contribution in [0.2, 0.25) is 0 Å². The van der Waals surface area contributed by atoms with Gasteiger partial charge in [0, 0.05) is 4.88 Å². The summed E-state index contributed by atoms with van der Waals surface area (Å²) in [6.45, 7) is 3.87. The quantitative estimate of drug-likeness (QED) is 0.309. The van der Waals surface area contributed by atoms with E-state index in [2.05, 4.69) is 15.5 Å². The van der Waals surface area contributed by atoms with Gasteiger partial charge in [-0.1, -0.05) is 5.16 Å². The Morgan fingerprint density at radius 3 is 3.00 bits per heavy atom. The Bertz CT molecular complexity index is 402. The molecular weight excluding hydrogens is 228 g/mol. The molecule has 1 atom stereocenters. The molecule has 7 heteroatoms. The molecule has 1 rings (SSSR count). The second-order valence-corrected chi connectivity index (χ2v) is 4.26. The van der Waals surface area contributed by atoms with E-state index in [0.29, 0.717) is 6.54 Å². The van der Waals surface area contributed by atoms with E-state index in [4.69, 9.17) is 10.9 Å². The number of carbonyl (C=O) groups is 1. The summed E-state index contributed by atoms with van der Waals surface area (Å²) in [4.78, 5) is 16.6. The van der Waals surface area contributed by atoms with Gasteiger partial charge in [-0.3, -0.25) is 4.79 Å². The highest BCUT2D eigenvalue weighted by Gasteiger charge is 2.17. The number of oxime groups is 1. The summed E-state index contributed by atoms with van der Waals surface area (Å²) >= 11 is 1.48. The first-order valence-corrected chi connectivity index (χ1v) is 5.58. The zero-order valence-corrected chi connectivity index (χ0v) is 9.91. The maximum Gasteiger partial charge on any atom is 0.230 e. The first-order valence-electron chi connectivity index (χ1n) is 4.70. The molecule has 1 heterocycles. The third kappa shape index (κ3) is 2.93. The number of hydrogen-bond acceptors (Lipinski definition) is 5. The van der Waals surface area contributed by atoms with Gasteiger partial charge in [0.15, 0.2) is 5.84 Å². The summed E-state index contributed by atoms with van der Waals surface area (Å²) in [7, 11) is 0. The van der Waals surface area contributed by atoms with Crippen molar-refractivity contribution in [2.75, 3.05) is 0 Å². The lowest BCUT2D eigenvalue weighted by Gasteiger charge is -2.09. The molecule has 0 saturated carbocycles. The van der Waals surface area contributed by atoms with E-state index < -0.39 is 5.92 Å². The highest BCUT2D eigenvalue weighted by molar-refractivity contribution is 7.09. The van der Waals surface area contributed by atoms with Crippen molar-refractivity contribution >= 4 is 23.1 Å². The molecule has 1 unspecified atom stereocenters. The van der Waals surface area contributed by atoms with E-state index in [1.54, 1.807) is 12.4 Å². The smallest absolute Gasteiger partial charge is 0.230 e. The third-order valence-electron chi connectivity index (χ3n) is 2.22. The van der Waals surface area contributed by atoms with E-state index in [0.717, 1.165) is 10.6 Å². The average Bonchev–Trinajstić information content (AvgIpc) is 2.69. The van der Waals surface area contributed by atoms with Crippen LogP contribution >= 0.6 is 11.3 Å². The fourth-order valence-electron chi connectivity index (χ4n) is 1.04. The zero-order chi connectivity index (χ0) is 12.1. The third-order valence-corrected chi connectivity index (χ3v) is 3.16. The second-order valence-electron chi connectivity index (χ2n) is 3.33. The van der Waals surface area contributed by atoms with Crippen molar-refractivity contribution in [2.45, 2.75) is 20.4 Å². The number of nitrogens with zero attached hydrogens (tertiary/aromatic N) is 2. The van der Waals surface area contributed by atoms with Crippen molar-refractivity contribution < 1.29 is 10.0 Å². The van der Waals surface area contributed by atoms with Crippen LogP contribution in [0.1, 0.15) is 17.5 Å². The zero-order valence-electron chi connectivity index (χ0n) is 9.10. The van der Waals surface area contributed by atoms with Gasteiger partial charge in [0.05, 0.1) is 23.7 Å². The minimum atomic E-state index is -0.641. The Morgan fingerprint density at radius 1 is 1.81 bits per heavy atom. The number of aryl methyl sites for hydroxylation is 1. The fourth-order valence-corrected chi connectivity index (χ4v) is 1.75. The Balaban J connectivity index is 2.51. The van der Waals surface area contributed by atoms with Crippen LogP contribution in [0, 0.1) is 12.8 Å². The lowest BCUT2D eigenvalue weighted by Crippen LogP contribution is -2.36. The van der Waals surface area contributed by atoms with Crippen molar-refractivity contribution in [1.29, 1.82) is 0 Å². The number of amides is 1. The number of thiazole rings is 1. The van der Waals surface area contributed by atoms with Gasteiger partial charge in [-0.25, -0.2) is 4.98 Å². The minimum Gasteiger partial charge on any atom is -0.409 e. The van der Waals surface area contributed by atoms with E-state index >= 15 is 0 Å². The van der Waals surface area contributed by atoms with Crippen molar-refractivity contribution in [3.8, 4) is 0 Å². The molecule has 16 heavy (non-hydrogen) atoms.